The molecule has 1 amide bonds. The number of alkyl halides is 2. The van der Waals surface area contributed by atoms with Crippen LogP contribution in [-0.4, -0.2) is 64.3 Å². The fraction of sp³-hybridized carbons (Fsp3) is 0.417. The Morgan fingerprint density at radius 1 is 1.20 bits per heavy atom. The number of thiazole rings is 1. The second-order valence-corrected chi connectivity index (χ2v) is 10.9. The molecule has 1 aliphatic carbocycles. The van der Waals surface area contributed by atoms with E-state index in [9.17, 15) is 28.0 Å². The second kappa shape index (κ2) is 9.11. The van der Waals surface area contributed by atoms with Gasteiger partial charge < -0.3 is 14.8 Å². The third kappa shape index (κ3) is 4.09. The lowest BCUT2D eigenvalue weighted by Gasteiger charge is -2.19. The standard InChI is InChI=1S/C24H23F2N9O4S.H2/c1-11(36)6-34-21(38)17-18(32(3)23(34)39)29-10-35(17)12(2)19(37)30-16-9-40-20(31-16)13-4-27-22(28-5-13)33-7-14-15(8-33)24(14,25)26;/h4-5,9-10,12,14-15H,6-8H2,1-3H3,(H,30,37);1H/t12-,14?,15?;/m0./s1. The minimum Gasteiger partial charge on any atom is -0.340 e. The maximum absolute atomic E-state index is 13.5. The number of halogens is 2. The molecule has 6 rings (SSSR count). The van der Waals surface area contributed by atoms with Gasteiger partial charge in [-0.25, -0.2) is 33.5 Å². The number of imidazole rings is 1. The largest absolute Gasteiger partial charge is 0.340 e. The summed E-state index contributed by atoms with van der Waals surface area (Å²) in [5.41, 5.74) is -0.690. The van der Waals surface area contributed by atoms with Crippen LogP contribution in [0.15, 0.2) is 33.7 Å². The van der Waals surface area contributed by atoms with Crippen molar-refractivity contribution in [3.8, 4) is 10.6 Å². The van der Waals surface area contributed by atoms with Gasteiger partial charge in [-0.15, -0.1) is 11.3 Å². The average Bonchev–Trinajstić information content (AvgIpc) is 3.51. The highest BCUT2D eigenvalue weighted by Crippen LogP contribution is 2.59. The van der Waals surface area contributed by atoms with E-state index in [0.29, 0.717) is 16.5 Å². The first-order valence-corrected chi connectivity index (χ1v) is 13.2. The number of piperidine rings is 1. The Morgan fingerprint density at radius 2 is 1.88 bits per heavy atom. The van der Waals surface area contributed by atoms with Crippen LogP contribution in [0, 0.1) is 11.8 Å². The number of Topliss-reactive ketones (excluding diaryl/α,β-unsaturated/α-hetero) is 1. The minimum absolute atomic E-state index is 0. The number of anilines is 2. The van der Waals surface area contributed by atoms with Crippen LogP contribution in [-0.2, 0) is 23.2 Å². The molecule has 210 valence electrons. The van der Waals surface area contributed by atoms with E-state index in [1.165, 1.54) is 36.2 Å². The van der Waals surface area contributed by atoms with Gasteiger partial charge in [0.15, 0.2) is 11.2 Å². The Balaban J connectivity index is 0.00000337. The Labute approximate surface area is 229 Å². The number of rotatable bonds is 7. The number of aryl methyl sites for hydroxylation is 1. The second-order valence-electron chi connectivity index (χ2n) is 10.0. The van der Waals surface area contributed by atoms with Gasteiger partial charge in [0.05, 0.1) is 24.7 Å². The van der Waals surface area contributed by atoms with E-state index in [4.69, 9.17) is 0 Å². The van der Waals surface area contributed by atoms with Gasteiger partial charge in [0, 0.05) is 44.9 Å². The smallest absolute Gasteiger partial charge is 0.332 e. The van der Waals surface area contributed by atoms with Crippen LogP contribution in [0.5, 0.6) is 0 Å². The molecule has 1 aliphatic heterocycles. The van der Waals surface area contributed by atoms with E-state index in [1.807, 2.05) is 0 Å². The highest BCUT2D eigenvalue weighted by Gasteiger charge is 2.72. The van der Waals surface area contributed by atoms with Crippen LogP contribution in [0.1, 0.15) is 21.3 Å². The predicted molar refractivity (Wildman–Crippen MR) is 143 cm³/mol. The van der Waals surface area contributed by atoms with Gasteiger partial charge in [-0.1, -0.05) is 0 Å². The fourth-order valence-electron chi connectivity index (χ4n) is 5.03. The zero-order valence-corrected chi connectivity index (χ0v) is 22.4. The average molecular weight is 574 g/mol. The van der Waals surface area contributed by atoms with Gasteiger partial charge in [0.25, 0.3) is 11.5 Å². The lowest BCUT2D eigenvalue weighted by Crippen LogP contribution is -2.41. The molecule has 2 unspecified atom stereocenters. The van der Waals surface area contributed by atoms with E-state index in [1.54, 1.807) is 29.6 Å². The lowest BCUT2D eigenvalue weighted by molar-refractivity contribution is -0.119. The Hall–Kier alpha value is -4.34. The fourth-order valence-corrected chi connectivity index (χ4v) is 5.76. The molecule has 0 bridgehead atoms. The molecule has 0 radical (unpaired) electrons. The molecule has 13 nitrogen and oxygen atoms in total. The number of nitrogens with one attached hydrogen (secondary N) is 1. The van der Waals surface area contributed by atoms with Crippen molar-refractivity contribution in [2.24, 2.45) is 18.9 Å². The topological polar surface area (TPSA) is 150 Å². The van der Waals surface area contributed by atoms with Gasteiger partial charge in [0.2, 0.25) is 11.9 Å². The Morgan fingerprint density at radius 3 is 2.52 bits per heavy atom. The molecule has 5 heterocycles. The van der Waals surface area contributed by atoms with Crippen LogP contribution in [0.2, 0.25) is 0 Å². The van der Waals surface area contributed by atoms with Crippen molar-refractivity contribution >= 4 is 46.0 Å². The summed E-state index contributed by atoms with van der Waals surface area (Å²) in [6.07, 6.45) is 4.42. The number of hydrogen-bond donors (Lipinski definition) is 1. The zero-order chi connectivity index (χ0) is 28.5. The minimum atomic E-state index is -2.58. The number of amides is 1. The number of nitrogens with zero attached hydrogens (tertiary/aromatic N) is 8. The summed E-state index contributed by atoms with van der Waals surface area (Å²) in [4.78, 5) is 69.2. The molecule has 1 saturated carbocycles. The molecule has 16 heteroatoms. The Bertz CT molecular complexity index is 1790. The Kier molecular flexibility index (Phi) is 5.90. The monoisotopic (exact) mass is 573 g/mol. The molecular formula is C24H25F2N9O4S. The van der Waals surface area contributed by atoms with Crippen LogP contribution < -0.4 is 21.5 Å². The maximum Gasteiger partial charge on any atom is 0.332 e. The van der Waals surface area contributed by atoms with E-state index >= 15 is 0 Å². The van der Waals surface area contributed by atoms with Crippen LogP contribution in [0.25, 0.3) is 21.7 Å². The SMILES string of the molecule is CC(=O)Cn1c(=O)c2c(ncn2[C@@H](C)C(=O)Nc2csc(-c3cnc(N4CC5C(C4)C5(F)F)nc3)n2)n(C)c1=O.[HH]. The number of aromatic nitrogens is 7. The van der Waals surface area contributed by atoms with Crippen LogP contribution in [0.4, 0.5) is 20.5 Å². The third-order valence-corrected chi connectivity index (χ3v) is 8.25. The molecule has 0 spiro atoms. The van der Waals surface area contributed by atoms with Crippen molar-refractivity contribution < 1.29 is 19.8 Å². The first kappa shape index (κ1) is 25.9. The van der Waals surface area contributed by atoms with E-state index in [-0.39, 0.29) is 37.3 Å². The van der Waals surface area contributed by atoms with E-state index < -0.39 is 47.5 Å². The van der Waals surface area contributed by atoms with Crippen molar-refractivity contribution in [2.75, 3.05) is 23.3 Å². The summed E-state index contributed by atoms with van der Waals surface area (Å²) >= 11 is 1.25. The molecule has 40 heavy (non-hydrogen) atoms. The summed E-state index contributed by atoms with van der Waals surface area (Å²) in [7, 11) is 1.43. The molecule has 2 aliphatic rings. The summed E-state index contributed by atoms with van der Waals surface area (Å²) in [6, 6.07) is -0.909. The highest BCUT2D eigenvalue weighted by atomic mass is 32.1. The highest BCUT2D eigenvalue weighted by molar-refractivity contribution is 7.13. The van der Waals surface area contributed by atoms with Gasteiger partial charge in [0.1, 0.15) is 22.7 Å². The van der Waals surface area contributed by atoms with Crippen molar-refractivity contribution in [2.45, 2.75) is 32.4 Å². The maximum atomic E-state index is 13.5. The van der Waals surface area contributed by atoms with Gasteiger partial charge in [-0.2, -0.15) is 0 Å². The van der Waals surface area contributed by atoms with Gasteiger partial charge >= 0.3 is 5.69 Å². The molecule has 4 aromatic rings. The number of carbonyl (C=O) groups is 2. The van der Waals surface area contributed by atoms with Crippen LogP contribution >= 0.6 is 11.3 Å². The van der Waals surface area contributed by atoms with Crippen molar-refractivity contribution in [3.05, 3.63) is 44.9 Å². The summed E-state index contributed by atoms with van der Waals surface area (Å²) < 4.78 is 30.2. The predicted octanol–water partition coefficient (Wildman–Crippen LogP) is 1.55. The van der Waals surface area contributed by atoms with E-state index in [0.717, 1.165) is 9.13 Å². The summed E-state index contributed by atoms with van der Waals surface area (Å²) in [6.45, 7) is 2.90. The van der Waals surface area contributed by atoms with E-state index in [2.05, 4.69) is 25.3 Å². The number of hydrogen-bond acceptors (Lipinski definition) is 10. The van der Waals surface area contributed by atoms with Crippen molar-refractivity contribution in [1.82, 2.24) is 33.6 Å². The molecular weight excluding hydrogens is 548 g/mol. The molecule has 1 N–H and O–H groups in total. The molecule has 4 aromatic heterocycles. The molecule has 3 atom stereocenters. The number of carbonyl (C=O) groups excluding carboxylic acids is 2. The normalized spacial score (nSPS) is 20.0. The van der Waals surface area contributed by atoms with Crippen molar-refractivity contribution in [3.63, 3.8) is 0 Å². The number of ketones is 1. The van der Waals surface area contributed by atoms with Crippen LogP contribution in [0.3, 0.4) is 0 Å². The van der Waals surface area contributed by atoms with Crippen molar-refractivity contribution in [1.29, 1.82) is 0 Å². The molecule has 1 saturated heterocycles. The quantitative estimate of drug-likeness (QED) is 0.347. The lowest BCUT2D eigenvalue weighted by atomic mass is 10.3. The van der Waals surface area contributed by atoms with Gasteiger partial charge in [-0.05, 0) is 13.8 Å². The zero-order valence-electron chi connectivity index (χ0n) is 21.5. The first-order chi connectivity index (χ1) is 19.0. The number of fused-ring (bicyclic) bond motifs is 2. The molecule has 2 fully saturated rings. The summed E-state index contributed by atoms with van der Waals surface area (Å²) in [5.74, 6) is -4.03. The van der Waals surface area contributed by atoms with Gasteiger partial charge in [-0.3, -0.25) is 23.5 Å². The summed E-state index contributed by atoms with van der Waals surface area (Å²) in [5, 5.41) is 4.89. The first-order valence-electron chi connectivity index (χ1n) is 12.3. The third-order valence-electron chi connectivity index (χ3n) is 7.36. The molecule has 0 aromatic carbocycles.